The van der Waals surface area contributed by atoms with Gasteiger partial charge in [-0.15, -0.1) is 0 Å². The second kappa shape index (κ2) is 7.17. The lowest BCUT2D eigenvalue weighted by molar-refractivity contribution is -0.135. The van der Waals surface area contributed by atoms with E-state index in [4.69, 9.17) is 9.47 Å². The zero-order valence-electron chi connectivity index (χ0n) is 13.8. The largest absolute Gasteiger partial charge is 0.493 e. The molecular formula is C19H20N2O3. The maximum atomic E-state index is 11.8. The van der Waals surface area contributed by atoms with Crippen molar-refractivity contribution in [1.82, 2.24) is 0 Å². The van der Waals surface area contributed by atoms with Crippen molar-refractivity contribution in [3.05, 3.63) is 53.6 Å². The van der Waals surface area contributed by atoms with E-state index in [1.54, 1.807) is 25.5 Å². The van der Waals surface area contributed by atoms with Gasteiger partial charge in [0.25, 0.3) is 0 Å². The number of methoxy groups -OCH3 is 1. The predicted molar refractivity (Wildman–Crippen MR) is 93.7 cm³/mol. The predicted octanol–water partition coefficient (Wildman–Crippen LogP) is 3.77. The standard InChI is InChI=1S/C19H20N2O3/c1-13-3-8-16(9-4-13)21-20-12-14-5-10-17(18(11-14)23-2)24-19(22)15-6-7-15/h3-5,8-12,15,21H,6-7H2,1-2H3/b20-12-. The number of rotatable bonds is 6. The van der Waals surface area contributed by atoms with Crippen LogP contribution in [-0.4, -0.2) is 19.3 Å². The van der Waals surface area contributed by atoms with Gasteiger partial charge in [0.2, 0.25) is 0 Å². The lowest BCUT2D eigenvalue weighted by Crippen LogP contribution is -2.10. The van der Waals surface area contributed by atoms with Crippen molar-refractivity contribution in [2.45, 2.75) is 19.8 Å². The number of esters is 1. The number of aryl methyl sites for hydroxylation is 1. The Hall–Kier alpha value is -2.82. The van der Waals surface area contributed by atoms with E-state index in [1.165, 1.54) is 5.56 Å². The SMILES string of the molecule is COc1cc(/C=N\Nc2ccc(C)cc2)ccc1OC(=O)C1CC1. The highest BCUT2D eigenvalue weighted by atomic mass is 16.6. The third-order valence-electron chi connectivity index (χ3n) is 3.77. The number of anilines is 1. The molecule has 5 heteroatoms. The molecule has 1 fully saturated rings. The first kappa shape index (κ1) is 16.1. The number of hydrazone groups is 1. The van der Waals surface area contributed by atoms with E-state index in [1.807, 2.05) is 37.3 Å². The van der Waals surface area contributed by atoms with Gasteiger partial charge in [0.05, 0.1) is 24.9 Å². The number of carbonyl (C=O) groups is 1. The summed E-state index contributed by atoms with van der Waals surface area (Å²) in [6.45, 7) is 2.04. The fraction of sp³-hybridized carbons (Fsp3) is 0.263. The molecule has 0 amide bonds. The van der Waals surface area contributed by atoms with Crippen molar-refractivity contribution in [3.63, 3.8) is 0 Å². The summed E-state index contributed by atoms with van der Waals surface area (Å²) in [6.07, 6.45) is 3.52. The van der Waals surface area contributed by atoms with Crippen LogP contribution < -0.4 is 14.9 Å². The van der Waals surface area contributed by atoms with Gasteiger partial charge in [-0.05, 0) is 55.7 Å². The summed E-state index contributed by atoms with van der Waals surface area (Å²) in [6, 6.07) is 13.3. The molecule has 1 saturated carbocycles. The highest BCUT2D eigenvalue weighted by Crippen LogP contribution is 2.34. The Morgan fingerprint density at radius 2 is 1.92 bits per heavy atom. The minimum Gasteiger partial charge on any atom is -0.493 e. The summed E-state index contributed by atoms with van der Waals surface area (Å²) >= 11 is 0. The lowest BCUT2D eigenvalue weighted by Gasteiger charge is -2.09. The summed E-state index contributed by atoms with van der Waals surface area (Å²) in [5, 5.41) is 4.21. The topological polar surface area (TPSA) is 59.9 Å². The molecule has 2 aromatic rings. The fourth-order valence-electron chi connectivity index (χ4n) is 2.17. The molecule has 0 unspecified atom stereocenters. The van der Waals surface area contributed by atoms with Crippen LogP contribution >= 0.6 is 0 Å². The van der Waals surface area contributed by atoms with Gasteiger partial charge in [0, 0.05) is 0 Å². The maximum absolute atomic E-state index is 11.8. The van der Waals surface area contributed by atoms with Crippen LogP contribution in [0.25, 0.3) is 0 Å². The van der Waals surface area contributed by atoms with Crippen LogP contribution in [0.4, 0.5) is 5.69 Å². The van der Waals surface area contributed by atoms with Crippen molar-refractivity contribution in [1.29, 1.82) is 0 Å². The Kier molecular flexibility index (Phi) is 4.79. The molecule has 0 spiro atoms. The first-order chi connectivity index (χ1) is 11.7. The molecular weight excluding hydrogens is 304 g/mol. The molecule has 0 radical (unpaired) electrons. The first-order valence-corrected chi connectivity index (χ1v) is 7.91. The molecule has 0 aromatic heterocycles. The van der Waals surface area contributed by atoms with Gasteiger partial charge >= 0.3 is 5.97 Å². The average Bonchev–Trinajstić information content (AvgIpc) is 3.43. The molecule has 2 aromatic carbocycles. The quantitative estimate of drug-likeness (QED) is 0.380. The number of hydrogen-bond acceptors (Lipinski definition) is 5. The zero-order valence-corrected chi connectivity index (χ0v) is 13.8. The van der Waals surface area contributed by atoms with E-state index in [9.17, 15) is 4.79 Å². The van der Waals surface area contributed by atoms with E-state index >= 15 is 0 Å². The van der Waals surface area contributed by atoms with Gasteiger partial charge in [-0.3, -0.25) is 10.2 Å². The van der Waals surface area contributed by atoms with Crippen molar-refractivity contribution >= 4 is 17.9 Å². The van der Waals surface area contributed by atoms with Crippen LogP contribution in [0.3, 0.4) is 0 Å². The molecule has 1 N–H and O–H groups in total. The van der Waals surface area contributed by atoms with Crippen molar-refractivity contribution in [2.24, 2.45) is 11.0 Å². The number of nitrogens with one attached hydrogen (secondary N) is 1. The molecule has 5 nitrogen and oxygen atoms in total. The monoisotopic (exact) mass is 324 g/mol. The fourth-order valence-corrected chi connectivity index (χ4v) is 2.17. The maximum Gasteiger partial charge on any atom is 0.314 e. The Balaban J connectivity index is 1.65. The van der Waals surface area contributed by atoms with E-state index in [-0.39, 0.29) is 11.9 Å². The third kappa shape index (κ3) is 4.13. The molecule has 24 heavy (non-hydrogen) atoms. The van der Waals surface area contributed by atoms with Crippen LogP contribution in [0.5, 0.6) is 11.5 Å². The van der Waals surface area contributed by atoms with Crippen LogP contribution in [0.15, 0.2) is 47.6 Å². The molecule has 0 atom stereocenters. The van der Waals surface area contributed by atoms with Gasteiger partial charge in [-0.25, -0.2) is 0 Å². The van der Waals surface area contributed by atoms with E-state index in [0.717, 1.165) is 24.1 Å². The van der Waals surface area contributed by atoms with Crippen LogP contribution in [0.2, 0.25) is 0 Å². The molecule has 0 aliphatic heterocycles. The number of benzene rings is 2. The summed E-state index contributed by atoms with van der Waals surface area (Å²) < 4.78 is 10.7. The minimum atomic E-state index is -0.184. The molecule has 1 aliphatic rings. The van der Waals surface area contributed by atoms with Crippen molar-refractivity contribution in [3.8, 4) is 11.5 Å². The lowest BCUT2D eigenvalue weighted by atomic mass is 10.2. The first-order valence-electron chi connectivity index (χ1n) is 7.91. The van der Waals surface area contributed by atoms with Gasteiger partial charge in [0.1, 0.15) is 0 Å². The van der Waals surface area contributed by atoms with Crippen molar-refractivity contribution < 1.29 is 14.3 Å². The Bertz CT molecular complexity index is 750. The van der Waals surface area contributed by atoms with E-state index < -0.39 is 0 Å². The van der Waals surface area contributed by atoms with Gasteiger partial charge < -0.3 is 9.47 Å². The van der Waals surface area contributed by atoms with Crippen LogP contribution in [0, 0.1) is 12.8 Å². The summed E-state index contributed by atoms with van der Waals surface area (Å²) in [5.41, 5.74) is 5.93. The number of carbonyl (C=O) groups excluding carboxylic acids is 1. The number of ether oxygens (including phenoxy) is 2. The second-order valence-electron chi connectivity index (χ2n) is 5.84. The van der Waals surface area contributed by atoms with E-state index in [2.05, 4.69) is 10.5 Å². The highest BCUT2D eigenvalue weighted by Gasteiger charge is 2.32. The Labute approximate surface area is 141 Å². The summed E-state index contributed by atoms with van der Waals surface area (Å²) in [4.78, 5) is 11.8. The Morgan fingerprint density at radius 3 is 2.58 bits per heavy atom. The van der Waals surface area contributed by atoms with Gasteiger partial charge in [-0.1, -0.05) is 17.7 Å². The Morgan fingerprint density at radius 1 is 1.17 bits per heavy atom. The molecule has 3 rings (SSSR count). The zero-order chi connectivity index (χ0) is 16.9. The summed E-state index contributed by atoms with van der Waals surface area (Å²) in [7, 11) is 1.55. The molecule has 1 aliphatic carbocycles. The van der Waals surface area contributed by atoms with Gasteiger partial charge in [-0.2, -0.15) is 5.10 Å². The highest BCUT2D eigenvalue weighted by molar-refractivity contribution is 5.82. The van der Waals surface area contributed by atoms with Crippen LogP contribution in [0.1, 0.15) is 24.0 Å². The van der Waals surface area contributed by atoms with Crippen molar-refractivity contribution in [2.75, 3.05) is 12.5 Å². The molecule has 124 valence electrons. The second-order valence-corrected chi connectivity index (χ2v) is 5.84. The third-order valence-corrected chi connectivity index (χ3v) is 3.77. The molecule has 0 bridgehead atoms. The van der Waals surface area contributed by atoms with E-state index in [0.29, 0.717) is 11.5 Å². The van der Waals surface area contributed by atoms with Gasteiger partial charge in [0.15, 0.2) is 11.5 Å². The average molecular weight is 324 g/mol. The van der Waals surface area contributed by atoms with Crippen LogP contribution in [-0.2, 0) is 4.79 Å². The molecule has 0 heterocycles. The summed E-state index contributed by atoms with van der Waals surface area (Å²) in [5.74, 6) is 0.826. The normalized spacial score (nSPS) is 13.8. The molecule has 0 saturated heterocycles. The number of hydrogen-bond donors (Lipinski definition) is 1. The minimum absolute atomic E-state index is 0.0506. The smallest absolute Gasteiger partial charge is 0.314 e. The number of nitrogens with zero attached hydrogens (tertiary/aromatic N) is 1.